The first-order valence-corrected chi connectivity index (χ1v) is 10.4. The first-order chi connectivity index (χ1) is 13.2. The Morgan fingerprint density at radius 2 is 1.64 bits per heavy atom. The zero-order valence-electron chi connectivity index (χ0n) is 18.8. The van der Waals surface area contributed by atoms with Gasteiger partial charge in [-0.3, -0.25) is 4.79 Å². The Balaban J connectivity index is 2.64. The second kappa shape index (κ2) is 11.9. The fraction of sp³-hybridized carbons (Fsp3) is 0.625. The first kappa shape index (κ1) is 24.2. The van der Waals surface area contributed by atoms with Crippen molar-refractivity contribution in [1.82, 2.24) is 5.32 Å². The number of methoxy groups -OCH3 is 1. The molecule has 0 saturated heterocycles. The van der Waals surface area contributed by atoms with Crippen molar-refractivity contribution in [2.45, 2.75) is 72.8 Å². The van der Waals surface area contributed by atoms with E-state index < -0.39 is 6.10 Å². The molecule has 0 amide bonds. The van der Waals surface area contributed by atoms with Crippen molar-refractivity contribution in [3.05, 3.63) is 46.4 Å². The minimum absolute atomic E-state index is 0.00984. The largest absolute Gasteiger partial charge is 0.496 e. The van der Waals surface area contributed by atoms with Gasteiger partial charge in [0.05, 0.1) is 7.11 Å². The monoisotopic (exact) mass is 389 g/mol. The van der Waals surface area contributed by atoms with Crippen molar-refractivity contribution in [1.29, 1.82) is 0 Å². The predicted octanol–water partition coefficient (Wildman–Crippen LogP) is 5.07. The van der Waals surface area contributed by atoms with Gasteiger partial charge in [-0.15, -0.1) is 0 Å². The second-order valence-corrected chi connectivity index (χ2v) is 8.15. The van der Waals surface area contributed by atoms with Gasteiger partial charge in [-0.25, -0.2) is 0 Å². The molecule has 1 aliphatic rings. The van der Waals surface area contributed by atoms with E-state index in [-0.39, 0.29) is 17.6 Å². The Kier molecular flexibility index (Phi) is 10.3. The summed E-state index contributed by atoms with van der Waals surface area (Å²) in [5.74, 6) is -0.0272. The number of nitrogens with one attached hydrogen (secondary N) is 1. The highest BCUT2D eigenvalue weighted by atomic mass is 16.5. The van der Waals surface area contributed by atoms with Gasteiger partial charge in [0.1, 0.15) is 11.8 Å². The molecule has 0 spiro atoms. The van der Waals surface area contributed by atoms with Crippen LogP contribution in [0.1, 0.15) is 66.7 Å². The molecule has 158 valence electrons. The minimum atomic E-state index is -0.763. The highest BCUT2D eigenvalue weighted by Crippen LogP contribution is 2.34. The molecule has 0 heterocycles. The van der Waals surface area contributed by atoms with E-state index in [9.17, 15) is 9.90 Å². The van der Waals surface area contributed by atoms with Crippen molar-refractivity contribution in [3.8, 4) is 0 Å². The molecular weight excluding hydrogens is 350 g/mol. The number of ketones is 1. The molecule has 0 aromatic rings. The number of carbonyl (C=O) groups is 1. The fourth-order valence-corrected chi connectivity index (χ4v) is 3.64. The number of rotatable bonds is 10. The van der Waals surface area contributed by atoms with Crippen LogP contribution in [0.2, 0.25) is 0 Å². The van der Waals surface area contributed by atoms with Gasteiger partial charge in [-0.05, 0) is 59.8 Å². The third-order valence-corrected chi connectivity index (χ3v) is 5.55. The van der Waals surface area contributed by atoms with Crippen LogP contribution in [-0.2, 0) is 9.53 Å². The van der Waals surface area contributed by atoms with E-state index in [2.05, 4.69) is 51.2 Å². The zero-order valence-corrected chi connectivity index (χ0v) is 18.8. The fourth-order valence-electron chi connectivity index (χ4n) is 3.64. The van der Waals surface area contributed by atoms with Crippen LogP contribution in [0.3, 0.4) is 0 Å². The van der Waals surface area contributed by atoms with E-state index in [1.165, 1.54) is 23.8 Å². The van der Waals surface area contributed by atoms with Crippen LogP contribution in [0.25, 0.3) is 0 Å². The maximum Gasteiger partial charge on any atom is 0.185 e. The summed E-state index contributed by atoms with van der Waals surface area (Å²) in [6.45, 7) is 10.5. The van der Waals surface area contributed by atoms with Gasteiger partial charge in [-0.2, -0.15) is 0 Å². The van der Waals surface area contributed by atoms with E-state index in [0.29, 0.717) is 17.9 Å². The molecular formula is C24H39NO3. The van der Waals surface area contributed by atoms with Gasteiger partial charge in [-0.1, -0.05) is 41.9 Å². The molecule has 0 aromatic carbocycles. The normalized spacial score (nSPS) is 23.7. The lowest BCUT2D eigenvalue weighted by Gasteiger charge is -2.34. The number of ether oxygens (including phenoxy) is 1. The summed E-state index contributed by atoms with van der Waals surface area (Å²) in [4.78, 5) is 12.6. The summed E-state index contributed by atoms with van der Waals surface area (Å²) in [6.07, 6.45) is 10.9. The summed E-state index contributed by atoms with van der Waals surface area (Å²) in [7, 11) is 3.19. The number of allylic oxidation sites excluding steroid dienone is 7. The number of hydrogen-bond acceptors (Lipinski definition) is 4. The van der Waals surface area contributed by atoms with Gasteiger partial charge in [0.15, 0.2) is 11.5 Å². The van der Waals surface area contributed by atoms with E-state index in [4.69, 9.17) is 4.74 Å². The van der Waals surface area contributed by atoms with E-state index in [1.807, 2.05) is 6.92 Å². The molecule has 0 saturated carbocycles. The van der Waals surface area contributed by atoms with Crippen molar-refractivity contribution in [2.75, 3.05) is 14.2 Å². The quantitative estimate of drug-likeness (QED) is 0.512. The minimum Gasteiger partial charge on any atom is -0.496 e. The number of carbonyl (C=O) groups excluding carboxylic acids is 1. The van der Waals surface area contributed by atoms with Crippen molar-refractivity contribution in [2.24, 2.45) is 11.8 Å². The summed E-state index contributed by atoms with van der Waals surface area (Å²) in [5.41, 5.74) is 4.50. The zero-order chi connectivity index (χ0) is 21.3. The van der Waals surface area contributed by atoms with Gasteiger partial charge >= 0.3 is 0 Å². The molecule has 1 rings (SSSR count). The number of likely N-dealkylation sites (N-methyl/N-ethyl adjacent to an activating group) is 1. The van der Waals surface area contributed by atoms with Crippen LogP contribution in [0.5, 0.6) is 0 Å². The summed E-state index contributed by atoms with van der Waals surface area (Å²) in [5, 5.41) is 13.6. The van der Waals surface area contributed by atoms with Crippen LogP contribution in [0.4, 0.5) is 0 Å². The molecule has 3 atom stereocenters. The maximum absolute atomic E-state index is 12.6. The van der Waals surface area contributed by atoms with Crippen LogP contribution in [0.15, 0.2) is 46.4 Å². The molecule has 4 nitrogen and oxygen atoms in total. The lowest BCUT2D eigenvalue weighted by molar-refractivity contribution is -0.124. The Morgan fingerprint density at radius 3 is 2.18 bits per heavy atom. The van der Waals surface area contributed by atoms with Crippen LogP contribution in [0, 0.1) is 11.8 Å². The number of hydrogen-bond donors (Lipinski definition) is 2. The summed E-state index contributed by atoms with van der Waals surface area (Å²) >= 11 is 0. The molecule has 3 unspecified atom stereocenters. The topological polar surface area (TPSA) is 58.6 Å². The Morgan fingerprint density at radius 1 is 1.07 bits per heavy atom. The third kappa shape index (κ3) is 6.97. The number of Topliss-reactive ketones (excluding diaryl/α,β-unsaturated/α-hetero) is 1. The van der Waals surface area contributed by atoms with Gasteiger partial charge in [0.25, 0.3) is 0 Å². The first-order valence-electron chi connectivity index (χ1n) is 10.4. The Labute approximate surface area is 171 Å². The van der Waals surface area contributed by atoms with E-state index in [0.717, 1.165) is 25.7 Å². The van der Waals surface area contributed by atoms with Gasteiger partial charge in [0.2, 0.25) is 0 Å². The Bertz CT molecular complexity index is 651. The molecule has 0 aromatic heterocycles. The lowest BCUT2D eigenvalue weighted by atomic mass is 9.76. The van der Waals surface area contributed by atoms with Gasteiger partial charge in [0, 0.05) is 18.9 Å². The Hall–Kier alpha value is -1.81. The maximum atomic E-state index is 12.6. The SMILES string of the molecule is CNC1=C(OC)C(O)C(C/C=C(\C)CC/C=C(\C)CCC=C(C)C)C(C)C1=O. The molecule has 0 bridgehead atoms. The average Bonchev–Trinajstić information content (AvgIpc) is 2.64. The number of aliphatic hydroxyl groups is 1. The molecule has 0 aliphatic heterocycles. The summed E-state index contributed by atoms with van der Waals surface area (Å²) in [6, 6.07) is 0. The van der Waals surface area contributed by atoms with Crippen molar-refractivity contribution < 1.29 is 14.6 Å². The lowest BCUT2D eigenvalue weighted by Crippen LogP contribution is -2.42. The molecule has 28 heavy (non-hydrogen) atoms. The van der Waals surface area contributed by atoms with Crippen molar-refractivity contribution >= 4 is 5.78 Å². The molecule has 1 aliphatic carbocycles. The predicted molar refractivity (Wildman–Crippen MR) is 117 cm³/mol. The van der Waals surface area contributed by atoms with E-state index >= 15 is 0 Å². The molecule has 0 radical (unpaired) electrons. The van der Waals surface area contributed by atoms with Crippen LogP contribution >= 0.6 is 0 Å². The smallest absolute Gasteiger partial charge is 0.185 e. The highest BCUT2D eigenvalue weighted by Gasteiger charge is 2.40. The second-order valence-electron chi connectivity index (χ2n) is 8.15. The third-order valence-electron chi connectivity index (χ3n) is 5.55. The van der Waals surface area contributed by atoms with Crippen LogP contribution < -0.4 is 5.32 Å². The average molecular weight is 390 g/mol. The van der Waals surface area contributed by atoms with Crippen LogP contribution in [-0.4, -0.2) is 31.2 Å². The molecule has 0 fully saturated rings. The van der Waals surface area contributed by atoms with Crippen molar-refractivity contribution in [3.63, 3.8) is 0 Å². The number of aliphatic hydroxyl groups excluding tert-OH is 1. The van der Waals surface area contributed by atoms with Gasteiger partial charge < -0.3 is 15.2 Å². The molecule has 2 N–H and O–H groups in total. The highest BCUT2D eigenvalue weighted by molar-refractivity contribution is 5.98. The van der Waals surface area contributed by atoms with E-state index in [1.54, 1.807) is 7.05 Å². The molecule has 4 heteroatoms. The summed E-state index contributed by atoms with van der Waals surface area (Å²) < 4.78 is 5.31. The standard InChI is InChI=1S/C24H39NO3/c1-16(2)10-8-11-17(3)12-9-13-18(4)14-15-20-19(5)22(26)21(25-6)24(28-7)23(20)27/h10,12,14,19-20,23,25,27H,8-9,11,13,15H2,1-7H3/b17-12+,18-14+.